The van der Waals surface area contributed by atoms with E-state index in [1.54, 1.807) is 0 Å². The van der Waals surface area contributed by atoms with E-state index < -0.39 is 0 Å². The third-order valence-corrected chi connectivity index (χ3v) is 3.51. The summed E-state index contributed by atoms with van der Waals surface area (Å²) in [5.41, 5.74) is 3.78. The fourth-order valence-corrected chi connectivity index (χ4v) is 2.48. The van der Waals surface area contributed by atoms with E-state index in [9.17, 15) is 0 Å². The molecule has 1 aliphatic heterocycles. The summed E-state index contributed by atoms with van der Waals surface area (Å²) in [7, 11) is 0. The van der Waals surface area contributed by atoms with Gasteiger partial charge in [-0.2, -0.15) is 5.26 Å². The van der Waals surface area contributed by atoms with E-state index in [1.165, 1.54) is 29.0 Å². The molecule has 4 nitrogen and oxygen atoms in total. The van der Waals surface area contributed by atoms with Gasteiger partial charge in [-0.1, -0.05) is 30.0 Å². The Morgan fingerprint density at radius 1 is 1.39 bits per heavy atom. The van der Waals surface area contributed by atoms with Crippen molar-refractivity contribution in [3.63, 3.8) is 0 Å². The summed E-state index contributed by atoms with van der Waals surface area (Å²) < 4.78 is 0. The fourth-order valence-electron chi connectivity index (χ4n) is 1.65. The predicted molar refractivity (Wildman–Crippen MR) is 76.5 cm³/mol. The Balaban J connectivity index is 0.000000492. The molecule has 0 saturated carbocycles. The van der Waals surface area contributed by atoms with Crippen molar-refractivity contribution < 1.29 is 5.11 Å². The zero-order valence-corrected chi connectivity index (χ0v) is 11.4. The third kappa shape index (κ3) is 4.30. The minimum absolute atomic E-state index is 0.750. The number of nitrogens with zero attached hydrogens (tertiary/aromatic N) is 2. The summed E-state index contributed by atoms with van der Waals surface area (Å²) in [6.45, 7) is 5.22. The topological polar surface area (TPSA) is 68.4 Å². The molecule has 0 fully saturated rings. The van der Waals surface area contributed by atoms with Gasteiger partial charge in [-0.25, -0.2) is 0 Å². The van der Waals surface area contributed by atoms with Crippen LogP contribution in [-0.4, -0.2) is 22.6 Å². The summed E-state index contributed by atoms with van der Waals surface area (Å²) in [5, 5.41) is 18.2. The van der Waals surface area contributed by atoms with Gasteiger partial charge in [-0.15, -0.1) is 0 Å². The van der Waals surface area contributed by atoms with Crippen molar-refractivity contribution in [1.29, 1.82) is 5.26 Å². The first-order valence-corrected chi connectivity index (χ1v) is 6.71. The molecule has 0 radical (unpaired) electrons. The number of rotatable bonds is 1. The summed E-state index contributed by atoms with van der Waals surface area (Å²) in [5.74, 6) is 1.18. The maximum absolute atomic E-state index is 6.88. The maximum atomic E-state index is 6.88. The number of anilines is 1. The van der Waals surface area contributed by atoms with Crippen LogP contribution in [-0.2, 0) is 0 Å². The number of thioether (sulfide) groups is 1. The van der Waals surface area contributed by atoms with Gasteiger partial charge in [-0.3, -0.25) is 4.99 Å². The Morgan fingerprint density at radius 2 is 2.00 bits per heavy atom. The normalized spacial score (nSPS) is 13.7. The van der Waals surface area contributed by atoms with Gasteiger partial charge in [0.25, 0.3) is 6.26 Å². The molecule has 2 rings (SSSR count). The van der Waals surface area contributed by atoms with E-state index in [-0.39, 0.29) is 0 Å². The smallest absolute Gasteiger partial charge is 0.283 e. The highest BCUT2D eigenvalue weighted by molar-refractivity contribution is 8.14. The number of hydrogen-bond donors (Lipinski definition) is 2. The van der Waals surface area contributed by atoms with E-state index in [0.717, 1.165) is 18.0 Å². The Kier molecular flexibility index (Phi) is 6.09. The summed E-state index contributed by atoms with van der Waals surface area (Å²) in [4.78, 5) is 4.48. The second kappa shape index (κ2) is 7.62. The second-order valence-electron chi connectivity index (χ2n) is 3.88. The maximum Gasteiger partial charge on any atom is 0.283 e. The second-order valence-corrected chi connectivity index (χ2v) is 4.96. The van der Waals surface area contributed by atoms with Crippen LogP contribution in [0, 0.1) is 25.4 Å². The minimum atomic E-state index is 0.750. The first kappa shape index (κ1) is 14.4. The highest BCUT2D eigenvalue weighted by Gasteiger charge is 2.08. The van der Waals surface area contributed by atoms with Crippen molar-refractivity contribution in [2.24, 2.45) is 4.99 Å². The number of aliphatic imine (C=N–C) groups is 1. The average molecular weight is 263 g/mol. The number of aliphatic hydroxyl groups excluding tert-OH is 1. The molecule has 1 aromatic carbocycles. The van der Waals surface area contributed by atoms with Gasteiger partial charge < -0.3 is 10.4 Å². The molecule has 0 unspecified atom stereocenters. The molecule has 0 amide bonds. The number of nitrogens with one attached hydrogen (secondary N) is 1. The number of aliphatic hydroxyl groups is 1. The van der Waals surface area contributed by atoms with Gasteiger partial charge >= 0.3 is 0 Å². The van der Waals surface area contributed by atoms with Crippen LogP contribution in [0.5, 0.6) is 0 Å². The van der Waals surface area contributed by atoms with E-state index in [2.05, 4.69) is 42.4 Å². The lowest BCUT2D eigenvalue weighted by molar-refractivity contribution is 0.503. The highest BCUT2D eigenvalue weighted by atomic mass is 32.2. The molecule has 5 heteroatoms. The van der Waals surface area contributed by atoms with Crippen molar-refractivity contribution in [3.05, 3.63) is 29.3 Å². The van der Waals surface area contributed by atoms with Gasteiger partial charge in [0.05, 0.1) is 0 Å². The minimum Gasteiger partial charge on any atom is -0.443 e. The first-order valence-electron chi connectivity index (χ1n) is 5.72. The zero-order chi connectivity index (χ0) is 13.4. The molecule has 0 aliphatic carbocycles. The molecule has 1 aliphatic rings. The van der Waals surface area contributed by atoms with Gasteiger partial charge in [-0.05, 0) is 31.4 Å². The highest BCUT2D eigenvalue weighted by Crippen LogP contribution is 2.22. The zero-order valence-electron chi connectivity index (χ0n) is 10.6. The molecule has 96 valence electrons. The van der Waals surface area contributed by atoms with Gasteiger partial charge in [0.1, 0.15) is 0 Å². The lowest BCUT2D eigenvalue weighted by Gasteiger charge is -2.16. The molecular weight excluding hydrogens is 246 g/mol. The molecule has 0 saturated heterocycles. The van der Waals surface area contributed by atoms with Crippen LogP contribution in [0.1, 0.15) is 17.5 Å². The van der Waals surface area contributed by atoms with Crippen LogP contribution in [0.3, 0.4) is 0 Å². The molecule has 0 spiro atoms. The first-order chi connectivity index (χ1) is 8.69. The van der Waals surface area contributed by atoms with Crippen LogP contribution < -0.4 is 5.32 Å². The average Bonchev–Trinajstić information content (AvgIpc) is 2.36. The SMILES string of the molecule is Cc1cccc(C)c1NC1=NCCCS1.N#CO. The van der Waals surface area contributed by atoms with E-state index in [1.807, 2.05) is 11.8 Å². The van der Waals surface area contributed by atoms with Crippen molar-refractivity contribution in [2.75, 3.05) is 17.6 Å². The monoisotopic (exact) mass is 263 g/mol. The van der Waals surface area contributed by atoms with Crippen molar-refractivity contribution in [2.45, 2.75) is 20.3 Å². The molecule has 0 aromatic heterocycles. The fraction of sp³-hybridized carbons (Fsp3) is 0.385. The van der Waals surface area contributed by atoms with Crippen molar-refractivity contribution >= 4 is 22.6 Å². The summed E-state index contributed by atoms with van der Waals surface area (Å²) >= 11 is 1.81. The van der Waals surface area contributed by atoms with Gasteiger partial charge in [0.15, 0.2) is 5.17 Å². The van der Waals surface area contributed by atoms with Crippen LogP contribution in [0.2, 0.25) is 0 Å². The molecular formula is C13H17N3OS. The van der Waals surface area contributed by atoms with Gasteiger partial charge in [0, 0.05) is 18.0 Å². The van der Waals surface area contributed by atoms with Crippen molar-refractivity contribution in [3.8, 4) is 6.26 Å². The number of benzene rings is 1. The number of amidine groups is 1. The Bertz CT molecular complexity index is 446. The summed E-state index contributed by atoms with van der Waals surface area (Å²) in [6.07, 6.45) is 1.95. The Morgan fingerprint density at radius 3 is 2.50 bits per heavy atom. The van der Waals surface area contributed by atoms with Crippen LogP contribution in [0.4, 0.5) is 5.69 Å². The van der Waals surface area contributed by atoms with Crippen molar-refractivity contribution in [1.82, 2.24) is 0 Å². The van der Waals surface area contributed by atoms with Crippen LogP contribution >= 0.6 is 11.8 Å². The van der Waals surface area contributed by atoms with Crippen LogP contribution in [0.15, 0.2) is 23.2 Å². The Labute approximate surface area is 112 Å². The largest absolute Gasteiger partial charge is 0.443 e. The van der Waals surface area contributed by atoms with E-state index in [4.69, 9.17) is 10.4 Å². The lowest BCUT2D eigenvalue weighted by atomic mass is 10.1. The molecule has 1 aromatic rings. The van der Waals surface area contributed by atoms with E-state index in [0.29, 0.717) is 0 Å². The number of aryl methyl sites for hydroxylation is 2. The van der Waals surface area contributed by atoms with Crippen LogP contribution in [0.25, 0.3) is 0 Å². The molecule has 2 N–H and O–H groups in total. The van der Waals surface area contributed by atoms with Gasteiger partial charge in [0.2, 0.25) is 0 Å². The molecule has 1 heterocycles. The lowest BCUT2D eigenvalue weighted by Crippen LogP contribution is -2.14. The summed E-state index contributed by atoms with van der Waals surface area (Å²) in [6, 6.07) is 6.35. The molecule has 18 heavy (non-hydrogen) atoms. The number of para-hydroxylation sites is 1. The molecule has 0 atom stereocenters. The predicted octanol–water partition coefficient (Wildman–Crippen LogP) is 3.05. The Hall–Kier alpha value is -1.67. The number of nitriles is 1. The standard InChI is InChI=1S/C12H16N2S.CHNO/c1-9-5-3-6-10(2)11(9)14-12-13-7-4-8-15-12;2-1-3/h3,5-6H,4,7-8H2,1-2H3,(H,13,14);3H. The number of hydrogen-bond acceptors (Lipinski definition) is 5. The third-order valence-electron chi connectivity index (χ3n) is 2.51. The molecule has 0 bridgehead atoms. The quantitative estimate of drug-likeness (QED) is 0.764. The van der Waals surface area contributed by atoms with E-state index >= 15 is 0 Å².